The normalized spacial score (nSPS) is 12.3. The molecule has 0 bridgehead atoms. The molecular formula is C17H23NOS. The highest BCUT2D eigenvalue weighted by Gasteiger charge is 2.04. The molecule has 1 atom stereocenters. The highest BCUT2D eigenvalue weighted by Crippen LogP contribution is 2.15. The molecule has 108 valence electrons. The van der Waals surface area contributed by atoms with Gasteiger partial charge in [0.25, 0.3) is 0 Å². The molecule has 0 aliphatic rings. The van der Waals surface area contributed by atoms with Gasteiger partial charge in [0.15, 0.2) is 0 Å². The summed E-state index contributed by atoms with van der Waals surface area (Å²) in [6.07, 6.45) is 2.49. The lowest BCUT2D eigenvalue weighted by Gasteiger charge is -2.15. The van der Waals surface area contributed by atoms with Crippen LogP contribution in [-0.4, -0.2) is 12.6 Å². The molecule has 0 fully saturated rings. The monoisotopic (exact) mass is 289 g/mol. The van der Waals surface area contributed by atoms with Crippen LogP contribution in [0.5, 0.6) is 5.75 Å². The van der Waals surface area contributed by atoms with Crippen molar-refractivity contribution in [2.75, 3.05) is 6.54 Å². The van der Waals surface area contributed by atoms with Crippen molar-refractivity contribution in [2.45, 2.75) is 39.3 Å². The van der Waals surface area contributed by atoms with Gasteiger partial charge in [-0.15, -0.1) is 11.3 Å². The van der Waals surface area contributed by atoms with E-state index in [0.29, 0.717) is 0 Å². The van der Waals surface area contributed by atoms with Gasteiger partial charge in [-0.25, -0.2) is 0 Å². The highest BCUT2D eigenvalue weighted by molar-refractivity contribution is 7.09. The van der Waals surface area contributed by atoms with Crippen molar-refractivity contribution in [1.82, 2.24) is 5.32 Å². The molecule has 0 aliphatic heterocycles. The Balaban J connectivity index is 1.71. The zero-order valence-electron chi connectivity index (χ0n) is 12.3. The average Bonchev–Trinajstić information content (AvgIpc) is 2.94. The Morgan fingerprint density at radius 1 is 1.20 bits per heavy atom. The van der Waals surface area contributed by atoms with E-state index in [1.165, 1.54) is 16.9 Å². The molecule has 0 spiro atoms. The van der Waals surface area contributed by atoms with E-state index in [4.69, 9.17) is 4.74 Å². The van der Waals surface area contributed by atoms with Gasteiger partial charge < -0.3 is 10.1 Å². The van der Waals surface area contributed by atoms with Crippen LogP contribution in [0.25, 0.3) is 0 Å². The molecule has 20 heavy (non-hydrogen) atoms. The largest absolute Gasteiger partial charge is 0.489 e. The summed E-state index contributed by atoms with van der Waals surface area (Å²) in [6.45, 7) is 6.07. The maximum absolute atomic E-state index is 5.91. The third kappa shape index (κ3) is 4.99. The Hall–Kier alpha value is -1.32. The van der Waals surface area contributed by atoms with Gasteiger partial charge in [-0.1, -0.05) is 31.5 Å². The van der Waals surface area contributed by atoms with E-state index in [0.717, 1.165) is 25.3 Å². The van der Waals surface area contributed by atoms with Gasteiger partial charge in [0, 0.05) is 18.0 Å². The standard InChI is InChI=1S/C17H23NOS/c1-3-5-15-7-9-16(10-8-15)19-14(2)12-18-13-17-6-4-11-20-17/h4,6-11,14,18H,3,5,12-13H2,1-2H3. The van der Waals surface area contributed by atoms with Crippen LogP contribution in [-0.2, 0) is 13.0 Å². The molecule has 1 aromatic carbocycles. The Morgan fingerprint density at radius 3 is 2.65 bits per heavy atom. The smallest absolute Gasteiger partial charge is 0.119 e. The number of hydrogen-bond acceptors (Lipinski definition) is 3. The third-order valence-electron chi connectivity index (χ3n) is 3.11. The molecule has 1 aromatic heterocycles. The van der Waals surface area contributed by atoms with E-state index in [2.05, 4.69) is 60.9 Å². The lowest BCUT2D eigenvalue weighted by molar-refractivity contribution is 0.217. The lowest BCUT2D eigenvalue weighted by atomic mass is 10.1. The number of thiophene rings is 1. The first-order valence-corrected chi connectivity index (χ1v) is 8.14. The number of aryl methyl sites for hydroxylation is 1. The number of rotatable bonds is 8. The first kappa shape index (κ1) is 15.1. The summed E-state index contributed by atoms with van der Waals surface area (Å²) >= 11 is 1.78. The van der Waals surface area contributed by atoms with Crippen LogP contribution in [0.2, 0.25) is 0 Å². The number of nitrogens with one attached hydrogen (secondary N) is 1. The summed E-state index contributed by atoms with van der Waals surface area (Å²) in [4.78, 5) is 1.36. The second-order valence-corrected chi connectivity index (χ2v) is 6.06. The molecular weight excluding hydrogens is 266 g/mol. The molecule has 1 N–H and O–H groups in total. The molecule has 2 rings (SSSR count). The van der Waals surface area contributed by atoms with Crippen LogP contribution in [0.4, 0.5) is 0 Å². The summed E-state index contributed by atoms with van der Waals surface area (Å²) < 4.78 is 5.91. The fourth-order valence-corrected chi connectivity index (χ4v) is 2.78. The lowest BCUT2D eigenvalue weighted by Crippen LogP contribution is -2.28. The van der Waals surface area contributed by atoms with E-state index in [1.54, 1.807) is 11.3 Å². The van der Waals surface area contributed by atoms with Crippen molar-refractivity contribution in [3.05, 3.63) is 52.2 Å². The zero-order valence-corrected chi connectivity index (χ0v) is 13.1. The van der Waals surface area contributed by atoms with Gasteiger partial charge >= 0.3 is 0 Å². The maximum atomic E-state index is 5.91. The molecule has 0 radical (unpaired) electrons. The van der Waals surface area contributed by atoms with Gasteiger partial charge in [0.2, 0.25) is 0 Å². The van der Waals surface area contributed by atoms with Crippen molar-refractivity contribution in [1.29, 1.82) is 0 Å². The molecule has 0 saturated carbocycles. The SMILES string of the molecule is CCCc1ccc(OC(C)CNCc2cccs2)cc1. The molecule has 0 amide bonds. The predicted octanol–water partition coefficient (Wildman–Crippen LogP) is 4.26. The van der Waals surface area contributed by atoms with Gasteiger partial charge in [0.1, 0.15) is 11.9 Å². The van der Waals surface area contributed by atoms with E-state index >= 15 is 0 Å². The van der Waals surface area contributed by atoms with E-state index in [1.807, 2.05) is 0 Å². The molecule has 3 heteroatoms. The Kier molecular flexibility index (Phi) is 6.09. The fourth-order valence-electron chi connectivity index (χ4n) is 2.11. The molecule has 2 nitrogen and oxygen atoms in total. The highest BCUT2D eigenvalue weighted by atomic mass is 32.1. The predicted molar refractivity (Wildman–Crippen MR) is 86.6 cm³/mol. The van der Waals surface area contributed by atoms with Crippen molar-refractivity contribution in [3.63, 3.8) is 0 Å². The van der Waals surface area contributed by atoms with Crippen molar-refractivity contribution in [2.24, 2.45) is 0 Å². The topological polar surface area (TPSA) is 21.3 Å². The quantitative estimate of drug-likeness (QED) is 0.784. The fraction of sp³-hybridized carbons (Fsp3) is 0.412. The molecule has 0 aliphatic carbocycles. The Morgan fingerprint density at radius 2 is 2.00 bits per heavy atom. The van der Waals surface area contributed by atoms with Gasteiger partial charge in [-0.2, -0.15) is 0 Å². The average molecular weight is 289 g/mol. The molecule has 2 aromatic rings. The Bertz CT molecular complexity index is 478. The summed E-state index contributed by atoms with van der Waals surface area (Å²) in [5.41, 5.74) is 1.38. The minimum absolute atomic E-state index is 0.173. The van der Waals surface area contributed by atoms with Gasteiger partial charge in [0.05, 0.1) is 0 Å². The van der Waals surface area contributed by atoms with Crippen LogP contribution in [0.15, 0.2) is 41.8 Å². The van der Waals surface area contributed by atoms with Crippen LogP contribution < -0.4 is 10.1 Å². The number of benzene rings is 1. The zero-order chi connectivity index (χ0) is 14.2. The minimum Gasteiger partial charge on any atom is -0.489 e. The maximum Gasteiger partial charge on any atom is 0.119 e. The summed E-state index contributed by atoms with van der Waals surface area (Å²) in [5, 5.41) is 5.53. The number of hydrogen-bond donors (Lipinski definition) is 1. The van der Waals surface area contributed by atoms with Gasteiger partial charge in [-0.05, 0) is 42.5 Å². The molecule has 1 unspecified atom stereocenters. The summed E-state index contributed by atoms with van der Waals surface area (Å²) in [7, 11) is 0. The second kappa shape index (κ2) is 8.08. The second-order valence-electron chi connectivity index (χ2n) is 5.03. The minimum atomic E-state index is 0.173. The van der Waals surface area contributed by atoms with Crippen molar-refractivity contribution < 1.29 is 4.74 Å². The molecule has 0 saturated heterocycles. The summed E-state index contributed by atoms with van der Waals surface area (Å²) in [5.74, 6) is 0.954. The van der Waals surface area contributed by atoms with Crippen LogP contribution in [0.1, 0.15) is 30.7 Å². The van der Waals surface area contributed by atoms with Crippen LogP contribution >= 0.6 is 11.3 Å². The molecule has 1 heterocycles. The number of ether oxygens (including phenoxy) is 1. The van der Waals surface area contributed by atoms with Crippen molar-refractivity contribution in [3.8, 4) is 5.75 Å². The first-order valence-electron chi connectivity index (χ1n) is 7.26. The summed E-state index contributed by atoms with van der Waals surface area (Å²) in [6, 6.07) is 12.7. The first-order chi connectivity index (χ1) is 9.78. The van der Waals surface area contributed by atoms with E-state index < -0.39 is 0 Å². The van der Waals surface area contributed by atoms with E-state index in [-0.39, 0.29) is 6.10 Å². The third-order valence-corrected chi connectivity index (χ3v) is 3.99. The Labute approximate surface area is 125 Å². The van der Waals surface area contributed by atoms with Crippen LogP contribution in [0, 0.1) is 0 Å². The van der Waals surface area contributed by atoms with Crippen molar-refractivity contribution >= 4 is 11.3 Å². The van der Waals surface area contributed by atoms with E-state index in [9.17, 15) is 0 Å². The van der Waals surface area contributed by atoms with Gasteiger partial charge in [-0.3, -0.25) is 0 Å². The van der Waals surface area contributed by atoms with Crippen LogP contribution in [0.3, 0.4) is 0 Å².